The van der Waals surface area contributed by atoms with Gasteiger partial charge in [0.05, 0.1) is 25.9 Å². The predicted molar refractivity (Wildman–Crippen MR) is 93.8 cm³/mol. The number of anilines is 1. The maximum Gasteiger partial charge on any atom is 0.319 e. The fourth-order valence-electron chi connectivity index (χ4n) is 3.13. The lowest BCUT2D eigenvalue weighted by Gasteiger charge is -2.27. The highest BCUT2D eigenvalue weighted by Gasteiger charge is 2.22. The van der Waals surface area contributed by atoms with Crippen molar-refractivity contribution in [2.75, 3.05) is 19.5 Å². The molecular weight excluding hydrogens is 304 g/mol. The van der Waals surface area contributed by atoms with Crippen molar-refractivity contribution < 1.29 is 14.3 Å². The van der Waals surface area contributed by atoms with Crippen molar-refractivity contribution in [3.63, 3.8) is 0 Å². The number of amides is 2. The minimum atomic E-state index is -0.229. The van der Waals surface area contributed by atoms with Crippen LogP contribution in [0.1, 0.15) is 30.0 Å². The maximum atomic E-state index is 12.4. The molecule has 0 saturated carbocycles. The summed E-state index contributed by atoms with van der Waals surface area (Å²) in [6, 6.07) is 13.2. The van der Waals surface area contributed by atoms with Gasteiger partial charge in [-0.15, -0.1) is 0 Å². The van der Waals surface area contributed by atoms with Crippen molar-refractivity contribution in [2.45, 2.75) is 25.3 Å². The Labute approximate surface area is 142 Å². The summed E-state index contributed by atoms with van der Waals surface area (Å²) in [5.74, 6) is 1.49. The van der Waals surface area contributed by atoms with Gasteiger partial charge in [-0.3, -0.25) is 0 Å². The molecule has 0 aliphatic heterocycles. The van der Waals surface area contributed by atoms with Crippen LogP contribution in [0.2, 0.25) is 0 Å². The van der Waals surface area contributed by atoms with Gasteiger partial charge in [-0.2, -0.15) is 0 Å². The molecule has 126 valence electrons. The Balaban J connectivity index is 1.72. The molecule has 1 aliphatic carbocycles. The topological polar surface area (TPSA) is 59.6 Å². The van der Waals surface area contributed by atoms with E-state index in [9.17, 15) is 4.79 Å². The number of nitrogens with one attached hydrogen (secondary N) is 2. The molecule has 0 radical (unpaired) electrons. The average Bonchev–Trinajstić information content (AvgIpc) is 2.62. The minimum absolute atomic E-state index is 0.00867. The SMILES string of the molecule is COc1ccc2c(c1)CCC[C@H]2NC(=O)Nc1ccccc1OC. The Morgan fingerprint density at radius 2 is 1.96 bits per heavy atom. The number of ether oxygens (including phenoxy) is 2. The summed E-state index contributed by atoms with van der Waals surface area (Å²) < 4.78 is 10.5. The van der Waals surface area contributed by atoms with E-state index >= 15 is 0 Å². The second kappa shape index (κ2) is 7.25. The second-order valence-electron chi connectivity index (χ2n) is 5.81. The van der Waals surface area contributed by atoms with Crippen molar-refractivity contribution in [3.05, 3.63) is 53.6 Å². The summed E-state index contributed by atoms with van der Waals surface area (Å²) in [6.07, 6.45) is 2.98. The van der Waals surface area contributed by atoms with Crippen LogP contribution in [0.5, 0.6) is 11.5 Å². The molecule has 2 N–H and O–H groups in total. The summed E-state index contributed by atoms with van der Waals surface area (Å²) in [4.78, 5) is 12.4. The zero-order valence-corrected chi connectivity index (χ0v) is 14.0. The first-order valence-corrected chi connectivity index (χ1v) is 8.08. The predicted octanol–water partition coefficient (Wildman–Crippen LogP) is 3.90. The standard InChI is InChI=1S/C19H22N2O3/c1-23-14-10-11-15-13(12-14)6-5-8-16(15)20-19(22)21-17-7-3-4-9-18(17)24-2/h3-4,7,9-12,16H,5-6,8H2,1-2H3,(H2,20,21,22)/t16-/m1/s1. The molecule has 2 aromatic rings. The normalized spacial score (nSPS) is 16.0. The molecule has 0 heterocycles. The minimum Gasteiger partial charge on any atom is -0.497 e. The highest BCUT2D eigenvalue weighted by molar-refractivity contribution is 5.91. The highest BCUT2D eigenvalue weighted by atomic mass is 16.5. The molecule has 3 rings (SSSR count). The van der Waals surface area contributed by atoms with E-state index in [-0.39, 0.29) is 12.1 Å². The van der Waals surface area contributed by atoms with Gasteiger partial charge in [-0.1, -0.05) is 18.2 Å². The van der Waals surface area contributed by atoms with E-state index in [0.29, 0.717) is 11.4 Å². The third-order valence-corrected chi connectivity index (χ3v) is 4.32. The lowest BCUT2D eigenvalue weighted by atomic mass is 9.87. The van der Waals surface area contributed by atoms with Gasteiger partial charge in [0, 0.05) is 0 Å². The summed E-state index contributed by atoms with van der Waals surface area (Å²) in [7, 11) is 3.25. The van der Waals surface area contributed by atoms with Crippen molar-refractivity contribution in [2.24, 2.45) is 0 Å². The van der Waals surface area contributed by atoms with Gasteiger partial charge >= 0.3 is 6.03 Å². The number of benzene rings is 2. The van der Waals surface area contributed by atoms with Gasteiger partial charge in [0.15, 0.2) is 0 Å². The summed E-state index contributed by atoms with van der Waals surface area (Å²) in [5.41, 5.74) is 3.06. The highest BCUT2D eigenvalue weighted by Crippen LogP contribution is 2.32. The Hall–Kier alpha value is -2.69. The number of aryl methyl sites for hydroxylation is 1. The monoisotopic (exact) mass is 326 g/mol. The Morgan fingerprint density at radius 1 is 1.12 bits per heavy atom. The first-order chi connectivity index (χ1) is 11.7. The van der Waals surface area contributed by atoms with Gasteiger partial charge in [0.25, 0.3) is 0 Å². The van der Waals surface area contributed by atoms with Crippen molar-refractivity contribution >= 4 is 11.7 Å². The fraction of sp³-hybridized carbons (Fsp3) is 0.316. The lowest BCUT2D eigenvalue weighted by Crippen LogP contribution is -2.34. The van der Waals surface area contributed by atoms with E-state index in [1.54, 1.807) is 14.2 Å². The largest absolute Gasteiger partial charge is 0.497 e. The van der Waals surface area contributed by atoms with E-state index in [4.69, 9.17) is 9.47 Å². The number of hydrogen-bond acceptors (Lipinski definition) is 3. The van der Waals surface area contributed by atoms with Crippen LogP contribution in [0, 0.1) is 0 Å². The van der Waals surface area contributed by atoms with E-state index in [1.165, 1.54) is 5.56 Å². The first kappa shape index (κ1) is 16.2. The Morgan fingerprint density at radius 3 is 2.75 bits per heavy atom. The Bertz CT molecular complexity index is 730. The van der Waals surface area contributed by atoms with E-state index in [1.807, 2.05) is 36.4 Å². The number of rotatable bonds is 4. The molecular formula is C19H22N2O3. The van der Waals surface area contributed by atoms with Gasteiger partial charge in [0.2, 0.25) is 0 Å². The maximum absolute atomic E-state index is 12.4. The summed E-state index contributed by atoms with van der Waals surface area (Å²) in [6.45, 7) is 0. The van der Waals surface area contributed by atoms with E-state index in [2.05, 4.69) is 16.7 Å². The molecule has 1 atom stereocenters. The molecule has 5 nitrogen and oxygen atoms in total. The van der Waals surface area contributed by atoms with Crippen LogP contribution >= 0.6 is 0 Å². The van der Waals surface area contributed by atoms with Crippen molar-refractivity contribution in [1.82, 2.24) is 5.32 Å². The molecule has 0 aromatic heterocycles. The third kappa shape index (κ3) is 3.45. The van der Waals surface area contributed by atoms with Crippen molar-refractivity contribution in [1.29, 1.82) is 0 Å². The molecule has 0 spiro atoms. The number of hydrogen-bond donors (Lipinski definition) is 2. The molecule has 0 saturated heterocycles. The average molecular weight is 326 g/mol. The number of fused-ring (bicyclic) bond motifs is 1. The van der Waals surface area contributed by atoms with E-state index < -0.39 is 0 Å². The fourth-order valence-corrected chi connectivity index (χ4v) is 3.13. The summed E-state index contributed by atoms with van der Waals surface area (Å²) >= 11 is 0. The van der Waals surface area contributed by atoms with Crippen LogP contribution in [0.4, 0.5) is 10.5 Å². The lowest BCUT2D eigenvalue weighted by molar-refractivity contribution is 0.247. The molecule has 0 unspecified atom stereocenters. The molecule has 0 bridgehead atoms. The first-order valence-electron chi connectivity index (χ1n) is 8.08. The molecule has 0 fully saturated rings. The summed E-state index contributed by atoms with van der Waals surface area (Å²) in [5, 5.41) is 5.93. The van der Waals surface area contributed by atoms with Gasteiger partial charge in [0.1, 0.15) is 11.5 Å². The molecule has 1 aliphatic rings. The number of para-hydroxylation sites is 2. The van der Waals surface area contributed by atoms with Crippen LogP contribution in [-0.4, -0.2) is 20.3 Å². The number of carbonyl (C=O) groups excluding carboxylic acids is 1. The van der Waals surface area contributed by atoms with Gasteiger partial charge in [-0.05, 0) is 54.7 Å². The number of urea groups is 1. The van der Waals surface area contributed by atoms with Gasteiger partial charge in [-0.25, -0.2) is 4.79 Å². The van der Waals surface area contributed by atoms with Crippen molar-refractivity contribution in [3.8, 4) is 11.5 Å². The smallest absolute Gasteiger partial charge is 0.319 e. The van der Waals surface area contributed by atoms with Gasteiger partial charge < -0.3 is 20.1 Å². The van der Waals surface area contributed by atoms with Crippen LogP contribution in [-0.2, 0) is 6.42 Å². The third-order valence-electron chi connectivity index (χ3n) is 4.32. The molecule has 2 amide bonds. The Kier molecular flexibility index (Phi) is 4.89. The number of methoxy groups -OCH3 is 2. The zero-order valence-electron chi connectivity index (χ0n) is 14.0. The van der Waals surface area contributed by atoms with E-state index in [0.717, 1.165) is 30.6 Å². The van der Waals surface area contributed by atoms with Crippen LogP contribution in [0.3, 0.4) is 0 Å². The van der Waals surface area contributed by atoms with Crippen LogP contribution < -0.4 is 20.1 Å². The number of carbonyl (C=O) groups is 1. The molecule has 5 heteroatoms. The quantitative estimate of drug-likeness (QED) is 0.896. The molecule has 2 aromatic carbocycles. The molecule has 24 heavy (non-hydrogen) atoms. The van der Waals surface area contributed by atoms with Crippen LogP contribution in [0.25, 0.3) is 0 Å². The van der Waals surface area contributed by atoms with Crippen LogP contribution in [0.15, 0.2) is 42.5 Å². The second-order valence-corrected chi connectivity index (χ2v) is 5.81. The zero-order chi connectivity index (χ0) is 16.9.